The topological polar surface area (TPSA) is 47.0 Å². The molecule has 1 fully saturated rings. The van der Waals surface area contributed by atoms with Crippen molar-refractivity contribution >= 4 is 5.82 Å². The van der Waals surface area contributed by atoms with Crippen LogP contribution < -0.4 is 5.32 Å². The van der Waals surface area contributed by atoms with Crippen LogP contribution in [0.4, 0.5) is 5.82 Å². The summed E-state index contributed by atoms with van der Waals surface area (Å²) in [6.07, 6.45) is 4.02. The molecule has 0 saturated carbocycles. The van der Waals surface area contributed by atoms with E-state index in [-0.39, 0.29) is 0 Å². The molecule has 4 nitrogen and oxygen atoms in total. The molecule has 1 aromatic heterocycles. The van der Waals surface area contributed by atoms with Gasteiger partial charge in [0.05, 0.1) is 6.61 Å². The largest absolute Gasteiger partial charge is 0.381 e. The van der Waals surface area contributed by atoms with Crippen LogP contribution in [0.2, 0.25) is 0 Å². The second-order valence-corrected chi connectivity index (χ2v) is 4.01. The van der Waals surface area contributed by atoms with Crippen molar-refractivity contribution in [2.75, 3.05) is 25.1 Å². The highest BCUT2D eigenvalue weighted by atomic mass is 16.5. The van der Waals surface area contributed by atoms with Gasteiger partial charge in [0.2, 0.25) is 0 Å². The van der Waals surface area contributed by atoms with Crippen LogP contribution in [0.15, 0.2) is 12.4 Å². The predicted octanol–water partition coefficient (Wildman–Crippen LogP) is 1.62. The first-order chi connectivity index (χ1) is 7.34. The zero-order valence-corrected chi connectivity index (χ0v) is 9.07. The summed E-state index contributed by atoms with van der Waals surface area (Å²) < 4.78 is 5.42. The molecule has 0 aliphatic carbocycles. The maximum absolute atomic E-state index is 5.42. The van der Waals surface area contributed by atoms with Crippen LogP contribution in [0.25, 0.3) is 0 Å². The number of aromatic nitrogens is 2. The first-order valence-corrected chi connectivity index (χ1v) is 5.45. The molecule has 1 aromatic rings. The molecule has 1 aliphatic heterocycles. The number of ether oxygens (including phenoxy) is 1. The van der Waals surface area contributed by atoms with Gasteiger partial charge in [-0.15, -0.1) is 0 Å². The Morgan fingerprint density at radius 3 is 3.20 bits per heavy atom. The fourth-order valence-corrected chi connectivity index (χ4v) is 1.77. The molecule has 0 radical (unpaired) electrons. The van der Waals surface area contributed by atoms with Gasteiger partial charge in [-0.05, 0) is 25.7 Å². The summed E-state index contributed by atoms with van der Waals surface area (Å²) in [6, 6.07) is 1.96. The van der Waals surface area contributed by atoms with Gasteiger partial charge in [-0.1, -0.05) is 0 Å². The number of aryl methyl sites for hydroxylation is 1. The third kappa shape index (κ3) is 3.16. The lowest BCUT2D eigenvalue weighted by Crippen LogP contribution is -2.24. The van der Waals surface area contributed by atoms with E-state index >= 15 is 0 Å². The van der Waals surface area contributed by atoms with Crippen LogP contribution in [0, 0.1) is 12.8 Å². The molecular weight excluding hydrogens is 190 g/mol. The Hall–Kier alpha value is -1.16. The Kier molecular flexibility index (Phi) is 3.50. The van der Waals surface area contributed by atoms with Gasteiger partial charge in [-0.25, -0.2) is 9.97 Å². The summed E-state index contributed by atoms with van der Waals surface area (Å²) in [7, 11) is 0. The van der Waals surface area contributed by atoms with E-state index in [1.807, 2.05) is 13.0 Å². The minimum absolute atomic E-state index is 0.619. The lowest BCUT2D eigenvalue weighted by Gasteiger charge is -2.22. The maximum Gasteiger partial charge on any atom is 0.129 e. The molecule has 1 unspecified atom stereocenters. The van der Waals surface area contributed by atoms with Gasteiger partial charge in [-0.3, -0.25) is 0 Å². The Bertz CT molecular complexity index is 310. The van der Waals surface area contributed by atoms with Gasteiger partial charge in [0.25, 0.3) is 0 Å². The van der Waals surface area contributed by atoms with Crippen LogP contribution in [0.1, 0.15) is 18.5 Å². The Balaban J connectivity index is 1.81. The minimum Gasteiger partial charge on any atom is -0.381 e. The summed E-state index contributed by atoms with van der Waals surface area (Å²) in [6.45, 7) is 4.70. The molecule has 15 heavy (non-hydrogen) atoms. The summed E-state index contributed by atoms with van der Waals surface area (Å²) in [5.74, 6) is 1.53. The van der Waals surface area contributed by atoms with Crippen molar-refractivity contribution in [2.45, 2.75) is 19.8 Å². The van der Waals surface area contributed by atoms with Crippen LogP contribution in [-0.2, 0) is 4.74 Å². The van der Waals surface area contributed by atoms with E-state index in [2.05, 4.69) is 15.3 Å². The zero-order chi connectivity index (χ0) is 10.5. The van der Waals surface area contributed by atoms with E-state index in [0.717, 1.165) is 31.3 Å². The molecule has 0 bridgehead atoms. The third-order valence-electron chi connectivity index (χ3n) is 2.63. The van der Waals surface area contributed by atoms with Gasteiger partial charge in [-0.2, -0.15) is 0 Å². The van der Waals surface area contributed by atoms with Crippen molar-refractivity contribution in [3.05, 3.63) is 18.1 Å². The number of rotatable bonds is 3. The number of hydrogen-bond acceptors (Lipinski definition) is 4. The standard InChI is InChI=1S/C11H17N3O/c1-9-5-11(14-8-13-9)12-6-10-3-2-4-15-7-10/h5,8,10H,2-4,6-7H2,1H3,(H,12,13,14). The van der Waals surface area contributed by atoms with Crippen LogP contribution in [0.5, 0.6) is 0 Å². The van der Waals surface area contributed by atoms with E-state index < -0.39 is 0 Å². The van der Waals surface area contributed by atoms with Crippen molar-refractivity contribution in [2.24, 2.45) is 5.92 Å². The molecule has 1 saturated heterocycles. The average molecular weight is 207 g/mol. The smallest absolute Gasteiger partial charge is 0.129 e. The highest BCUT2D eigenvalue weighted by molar-refractivity contribution is 5.34. The first kappa shape index (κ1) is 10.4. The predicted molar refractivity (Wildman–Crippen MR) is 58.8 cm³/mol. The zero-order valence-electron chi connectivity index (χ0n) is 9.07. The number of hydrogen-bond donors (Lipinski definition) is 1. The summed E-state index contributed by atoms with van der Waals surface area (Å²) in [5.41, 5.74) is 0.993. The highest BCUT2D eigenvalue weighted by Crippen LogP contribution is 2.14. The summed E-state index contributed by atoms with van der Waals surface area (Å²) in [5, 5.41) is 3.32. The van der Waals surface area contributed by atoms with Crippen molar-refractivity contribution in [3.8, 4) is 0 Å². The summed E-state index contributed by atoms with van der Waals surface area (Å²) >= 11 is 0. The second kappa shape index (κ2) is 5.07. The molecule has 2 rings (SSSR count). The molecule has 0 amide bonds. The SMILES string of the molecule is Cc1cc(NCC2CCCOC2)ncn1. The van der Waals surface area contributed by atoms with Gasteiger partial charge in [0.15, 0.2) is 0 Å². The first-order valence-electron chi connectivity index (χ1n) is 5.45. The highest BCUT2D eigenvalue weighted by Gasteiger charge is 2.13. The maximum atomic E-state index is 5.42. The second-order valence-electron chi connectivity index (χ2n) is 4.01. The monoisotopic (exact) mass is 207 g/mol. The molecule has 4 heteroatoms. The van der Waals surface area contributed by atoms with E-state index in [4.69, 9.17) is 4.74 Å². The van der Waals surface area contributed by atoms with Gasteiger partial charge >= 0.3 is 0 Å². The lowest BCUT2D eigenvalue weighted by molar-refractivity contribution is 0.0595. The average Bonchev–Trinajstić information content (AvgIpc) is 2.28. The molecule has 1 atom stereocenters. The molecule has 0 spiro atoms. The molecular formula is C11H17N3O. The van der Waals surface area contributed by atoms with E-state index in [1.54, 1.807) is 6.33 Å². The van der Waals surface area contributed by atoms with Crippen molar-refractivity contribution in [1.82, 2.24) is 9.97 Å². The fourth-order valence-electron chi connectivity index (χ4n) is 1.77. The van der Waals surface area contributed by atoms with Crippen molar-refractivity contribution < 1.29 is 4.74 Å². The van der Waals surface area contributed by atoms with Crippen LogP contribution >= 0.6 is 0 Å². The van der Waals surface area contributed by atoms with E-state index in [1.165, 1.54) is 12.8 Å². The van der Waals surface area contributed by atoms with Crippen LogP contribution in [0.3, 0.4) is 0 Å². The Morgan fingerprint density at radius 1 is 1.53 bits per heavy atom. The fraction of sp³-hybridized carbons (Fsp3) is 0.636. The van der Waals surface area contributed by atoms with Gasteiger partial charge in [0.1, 0.15) is 12.1 Å². The lowest BCUT2D eigenvalue weighted by atomic mass is 10.0. The molecule has 2 heterocycles. The van der Waals surface area contributed by atoms with E-state index in [9.17, 15) is 0 Å². The summed E-state index contributed by atoms with van der Waals surface area (Å²) in [4.78, 5) is 8.22. The number of nitrogens with zero attached hydrogens (tertiary/aromatic N) is 2. The molecule has 82 valence electrons. The Labute approximate surface area is 90.1 Å². The minimum atomic E-state index is 0.619. The number of nitrogens with one attached hydrogen (secondary N) is 1. The van der Waals surface area contributed by atoms with Crippen LogP contribution in [-0.4, -0.2) is 29.7 Å². The Morgan fingerprint density at radius 2 is 2.47 bits per heavy atom. The van der Waals surface area contributed by atoms with E-state index in [0.29, 0.717) is 5.92 Å². The van der Waals surface area contributed by atoms with Gasteiger partial charge in [0, 0.05) is 24.9 Å². The normalized spacial score (nSPS) is 21.3. The molecule has 1 aliphatic rings. The molecule has 0 aromatic carbocycles. The van der Waals surface area contributed by atoms with Gasteiger partial charge < -0.3 is 10.1 Å². The van der Waals surface area contributed by atoms with Crippen molar-refractivity contribution in [1.29, 1.82) is 0 Å². The van der Waals surface area contributed by atoms with Crippen molar-refractivity contribution in [3.63, 3.8) is 0 Å². The quantitative estimate of drug-likeness (QED) is 0.818. The number of anilines is 1. The molecule has 1 N–H and O–H groups in total. The third-order valence-corrected chi connectivity index (χ3v) is 2.63.